The molecule has 37 heavy (non-hydrogen) atoms. The zero-order chi connectivity index (χ0) is 26.2. The topological polar surface area (TPSA) is 115 Å². The molecule has 194 valence electrons. The third kappa shape index (κ3) is 4.65. The van der Waals surface area contributed by atoms with E-state index in [2.05, 4.69) is 16.7 Å². The molecule has 0 radical (unpaired) electrons. The Morgan fingerprint density at radius 3 is 2.49 bits per heavy atom. The molecule has 2 aromatic carbocycles. The molecule has 3 aliphatic rings. The first kappa shape index (κ1) is 25.1. The molecule has 0 bridgehead atoms. The van der Waals surface area contributed by atoms with Crippen LogP contribution in [0, 0.1) is 28.9 Å². The van der Waals surface area contributed by atoms with Crippen molar-refractivity contribution in [3.05, 3.63) is 70.8 Å². The summed E-state index contributed by atoms with van der Waals surface area (Å²) in [7, 11) is 0. The van der Waals surface area contributed by atoms with Crippen molar-refractivity contribution < 1.29 is 28.2 Å². The van der Waals surface area contributed by atoms with E-state index >= 15 is 0 Å². The maximum atomic E-state index is 13.8. The van der Waals surface area contributed by atoms with E-state index in [1.807, 2.05) is 0 Å². The van der Waals surface area contributed by atoms with E-state index in [0.717, 1.165) is 22.6 Å². The number of hydrogen-bond acceptors (Lipinski definition) is 6. The summed E-state index contributed by atoms with van der Waals surface area (Å²) in [5.74, 6) is -2.03. The molecule has 10 heteroatoms. The molecule has 0 unspecified atom stereocenters. The number of benzene rings is 2. The van der Waals surface area contributed by atoms with E-state index in [1.165, 1.54) is 6.07 Å². The first-order valence-electron chi connectivity index (χ1n) is 12.4. The first-order chi connectivity index (χ1) is 17.7. The van der Waals surface area contributed by atoms with Gasteiger partial charge in [-0.15, -0.1) is 0 Å². The van der Waals surface area contributed by atoms with Gasteiger partial charge in [0, 0.05) is 6.54 Å². The highest BCUT2D eigenvalue weighted by Crippen LogP contribution is 2.45. The van der Waals surface area contributed by atoms with Crippen molar-refractivity contribution in [2.75, 3.05) is 19.7 Å². The van der Waals surface area contributed by atoms with Crippen LogP contribution in [-0.4, -0.2) is 47.4 Å². The minimum absolute atomic E-state index is 0.0467. The third-order valence-corrected chi connectivity index (χ3v) is 8.11. The normalized spacial score (nSPS) is 29.6. The Morgan fingerprint density at radius 2 is 1.86 bits per heavy atom. The fraction of sp³-hybridized carbons (Fsp3) is 0.444. The minimum atomic E-state index is -1.06. The predicted molar refractivity (Wildman–Crippen MR) is 128 cm³/mol. The van der Waals surface area contributed by atoms with Gasteiger partial charge in [-0.05, 0) is 80.0 Å². The molecule has 1 aliphatic carbocycles. The number of nitrogens with one attached hydrogen (secondary N) is 2. The molecule has 1 saturated carbocycles. The van der Waals surface area contributed by atoms with Crippen LogP contribution < -0.4 is 10.6 Å². The van der Waals surface area contributed by atoms with Gasteiger partial charge < -0.3 is 20.5 Å². The van der Waals surface area contributed by atoms with E-state index in [0.29, 0.717) is 50.8 Å². The number of aliphatic hydroxyl groups is 1. The Morgan fingerprint density at radius 1 is 1.14 bits per heavy atom. The average Bonchev–Trinajstić information content (AvgIpc) is 3.53. The van der Waals surface area contributed by atoms with Crippen LogP contribution in [0.2, 0.25) is 0 Å². The summed E-state index contributed by atoms with van der Waals surface area (Å²) in [6, 6.07) is 10.8. The highest BCUT2D eigenvalue weighted by molar-refractivity contribution is 5.93. The zero-order valence-electron chi connectivity index (χ0n) is 20.2. The molecular weight excluding hydrogens is 482 g/mol. The van der Waals surface area contributed by atoms with Crippen LogP contribution in [0.25, 0.3) is 0 Å². The Balaban J connectivity index is 1.32. The van der Waals surface area contributed by atoms with Crippen LogP contribution in [0.5, 0.6) is 0 Å². The lowest BCUT2D eigenvalue weighted by atomic mass is 9.68. The Kier molecular flexibility index (Phi) is 6.60. The van der Waals surface area contributed by atoms with E-state index in [9.17, 15) is 23.5 Å². The Hall–Kier alpha value is -3.55. The molecule has 2 atom stereocenters. The lowest BCUT2D eigenvalue weighted by Crippen LogP contribution is -2.60. The average molecular weight is 511 g/mol. The molecule has 3 N–H and O–H groups in total. The summed E-state index contributed by atoms with van der Waals surface area (Å²) in [6.07, 6.45) is 2.09. The molecular formula is C27H28F2N4O4. The van der Waals surface area contributed by atoms with Crippen LogP contribution in [-0.2, 0) is 10.3 Å². The fourth-order valence-corrected chi connectivity index (χ4v) is 5.94. The van der Waals surface area contributed by atoms with Crippen LogP contribution in [0.1, 0.15) is 54.8 Å². The second-order valence-electron chi connectivity index (χ2n) is 10.1. The van der Waals surface area contributed by atoms with Crippen molar-refractivity contribution in [3.8, 4) is 6.07 Å². The van der Waals surface area contributed by atoms with Gasteiger partial charge in [-0.3, -0.25) is 0 Å². The Labute approximate surface area is 213 Å². The van der Waals surface area contributed by atoms with Crippen molar-refractivity contribution in [3.63, 3.8) is 0 Å². The number of nitriles is 1. The maximum absolute atomic E-state index is 13.8. The van der Waals surface area contributed by atoms with Gasteiger partial charge in [0.15, 0.2) is 11.6 Å². The summed E-state index contributed by atoms with van der Waals surface area (Å²) in [5.41, 5.74) is -0.0877. The summed E-state index contributed by atoms with van der Waals surface area (Å²) in [6.45, 7) is 1.05. The highest BCUT2D eigenvalue weighted by Gasteiger charge is 2.49. The fourth-order valence-electron chi connectivity index (χ4n) is 5.94. The van der Waals surface area contributed by atoms with Crippen molar-refractivity contribution in [1.82, 2.24) is 15.5 Å². The second kappa shape index (κ2) is 9.72. The van der Waals surface area contributed by atoms with Gasteiger partial charge in [0.05, 0.1) is 22.8 Å². The van der Waals surface area contributed by atoms with Gasteiger partial charge in [-0.1, -0.05) is 18.2 Å². The van der Waals surface area contributed by atoms with Crippen molar-refractivity contribution in [2.24, 2.45) is 5.92 Å². The predicted octanol–water partition coefficient (Wildman–Crippen LogP) is 3.85. The van der Waals surface area contributed by atoms with Crippen LogP contribution in [0.4, 0.5) is 18.4 Å². The number of ether oxygens (including phenoxy) is 1. The first-order valence-corrected chi connectivity index (χ1v) is 12.4. The quantitative estimate of drug-likeness (QED) is 0.576. The van der Waals surface area contributed by atoms with Gasteiger partial charge in [-0.2, -0.15) is 5.26 Å². The molecule has 2 aliphatic heterocycles. The summed E-state index contributed by atoms with van der Waals surface area (Å²) < 4.78 is 32.4. The monoisotopic (exact) mass is 510 g/mol. The molecule has 5 rings (SSSR count). The minimum Gasteiger partial charge on any atom is -0.446 e. The molecule has 2 heterocycles. The van der Waals surface area contributed by atoms with Crippen molar-refractivity contribution in [2.45, 2.75) is 49.3 Å². The molecule has 8 nitrogen and oxygen atoms in total. The van der Waals surface area contributed by atoms with E-state index in [1.54, 1.807) is 24.3 Å². The van der Waals surface area contributed by atoms with Crippen molar-refractivity contribution in [1.29, 1.82) is 5.26 Å². The SMILES string of the molecule is N#Cc1ccc(C2(O)CCC([C@]3(NC(=O)N4C(=O)OC[C@@H]4c4ccc(F)c(F)c4)CCNC3)CC2)cc1. The number of rotatable bonds is 4. The number of cyclic esters (lactones) is 1. The number of imide groups is 1. The number of nitrogens with zero attached hydrogens (tertiary/aromatic N) is 2. The number of halogens is 2. The van der Waals surface area contributed by atoms with Gasteiger partial charge >= 0.3 is 12.1 Å². The number of urea groups is 1. The van der Waals surface area contributed by atoms with E-state index in [-0.39, 0.29) is 18.1 Å². The van der Waals surface area contributed by atoms with Crippen molar-refractivity contribution >= 4 is 12.1 Å². The Bertz CT molecular complexity index is 1230. The van der Waals surface area contributed by atoms with Gasteiger partial charge in [0.2, 0.25) is 0 Å². The maximum Gasteiger partial charge on any atom is 0.418 e. The molecule has 0 spiro atoms. The lowest BCUT2D eigenvalue weighted by Gasteiger charge is -2.45. The van der Waals surface area contributed by atoms with Crippen LogP contribution in [0.15, 0.2) is 42.5 Å². The third-order valence-electron chi connectivity index (χ3n) is 8.11. The van der Waals surface area contributed by atoms with Gasteiger partial charge in [0.1, 0.15) is 12.6 Å². The van der Waals surface area contributed by atoms with E-state index < -0.39 is 40.9 Å². The zero-order valence-corrected chi connectivity index (χ0v) is 20.2. The second-order valence-corrected chi connectivity index (χ2v) is 10.1. The summed E-state index contributed by atoms with van der Waals surface area (Å²) in [4.78, 5) is 26.9. The van der Waals surface area contributed by atoms with Gasteiger partial charge in [-0.25, -0.2) is 23.3 Å². The standard InChI is InChI=1S/C27H28F2N4O4/c28-21-6-3-18(13-22(21)29)23-15-37-25(35)33(23)24(34)32-26(11-12-31-16-26)19-7-9-27(36,10-8-19)20-4-1-17(14-30)2-5-20/h1-6,13,19,23,31,36H,7-12,15-16H2,(H,32,34)/t19?,23-,26+,27?/m1/s1. The molecule has 2 saturated heterocycles. The number of hydrogen-bond donors (Lipinski definition) is 3. The summed E-state index contributed by atoms with van der Waals surface area (Å²) >= 11 is 0. The number of amides is 3. The lowest BCUT2D eigenvalue weighted by molar-refractivity contribution is -0.0264. The van der Waals surface area contributed by atoms with Crippen LogP contribution >= 0.6 is 0 Å². The smallest absolute Gasteiger partial charge is 0.418 e. The largest absolute Gasteiger partial charge is 0.446 e. The summed E-state index contributed by atoms with van der Waals surface area (Å²) in [5, 5.41) is 26.8. The highest BCUT2D eigenvalue weighted by atomic mass is 19.2. The van der Waals surface area contributed by atoms with Gasteiger partial charge in [0.25, 0.3) is 0 Å². The van der Waals surface area contributed by atoms with Crippen LogP contribution in [0.3, 0.4) is 0 Å². The molecule has 0 aromatic heterocycles. The number of carbonyl (C=O) groups excluding carboxylic acids is 2. The van der Waals surface area contributed by atoms with E-state index in [4.69, 9.17) is 10.00 Å². The number of carbonyl (C=O) groups is 2. The molecule has 3 fully saturated rings. The molecule has 2 aromatic rings. The molecule has 3 amide bonds.